The Labute approximate surface area is 145 Å². The molecule has 0 fully saturated rings. The van der Waals surface area contributed by atoms with E-state index in [0.29, 0.717) is 5.56 Å². The summed E-state index contributed by atoms with van der Waals surface area (Å²) in [5, 5.41) is 11.1. The zero-order chi connectivity index (χ0) is 19.0. The first-order valence-corrected chi connectivity index (χ1v) is 7.68. The van der Waals surface area contributed by atoms with Crippen molar-refractivity contribution < 1.29 is 28.8 Å². The van der Waals surface area contributed by atoms with Gasteiger partial charge in [0.1, 0.15) is 11.6 Å². The van der Waals surface area contributed by atoms with E-state index >= 15 is 0 Å². The molecule has 1 rings (SSSR count). The number of benzene rings is 1. The molecule has 0 saturated carbocycles. The van der Waals surface area contributed by atoms with E-state index < -0.39 is 28.7 Å². The Hall–Kier alpha value is -2.68. The van der Waals surface area contributed by atoms with E-state index in [1.807, 2.05) is 0 Å². The van der Waals surface area contributed by atoms with Crippen molar-refractivity contribution in [2.24, 2.45) is 0 Å². The van der Waals surface area contributed by atoms with Gasteiger partial charge < -0.3 is 14.3 Å². The van der Waals surface area contributed by atoms with Gasteiger partial charge in [0.2, 0.25) is 0 Å². The quantitative estimate of drug-likeness (QED) is 0.451. The fraction of sp³-hybridized carbons (Fsp3) is 0.500. The minimum atomic E-state index is -1.12. The maximum Gasteiger partial charge on any atom is 0.528 e. The lowest BCUT2D eigenvalue weighted by molar-refractivity contribution is -0.385. The van der Waals surface area contributed by atoms with Gasteiger partial charge in [0.25, 0.3) is 5.69 Å². The first kappa shape index (κ1) is 20.4. The highest BCUT2D eigenvalue weighted by atomic mass is 16.8. The molecule has 0 heterocycles. The number of rotatable bonds is 7. The molecule has 0 bridgehead atoms. The molecule has 0 radical (unpaired) electrons. The SMILES string of the molecule is CCOC(=O)C(Cc1ccccc1[N+](=O)[O-])NOC(=O)OC(C)(C)C. The zero-order valence-corrected chi connectivity index (χ0v) is 14.6. The number of hydroxylamine groups is 1. The lowest BCUT2D eigenvalue weighted by Gasteiger charge is -2.21. The molecule has 1 N–H and O–H groups in total. The molecule has 0 amide bonds. The van der Waals surface area contributed by atoms with Crippen LogP contribution in [0.1, 0.15) is 33.3 Å². The van der Waals surface area contributed by atoms with Crippen molar-refractivity contribution in [1.29, 1.82) is 0 Å². The monoisotopic (exact) mass is 354 g/mol. The highest BCUT2D eigenvalue weighted by Crippen LogP contribution is 2.19. The van der Waals surface area contributed by atoms with Crippen LogP contribution in [0.5, 0.6) is 0 Å². The number of nitrogens with zero attached hydrogens (tertiary/aromatic N) is 1. The molecular formula is C16H22N2O7. The van der Waals surface area contributed by atoms with Crippen molar-refractivity contribution in [3.8, 4) is 0 Å². The Morgan fingerprint density at radius 1 is 1.28 bits per heavy atom. The van der Waals surface area contributed by atoms with E-state index in [4.69, 9.17) is 14.3 Å². The lowest BCUT2D eigenvalue weighted by Crippen LogP contribution is -2.42. The molecule has 0 aliphatic rings. The van der Waals surface area contributed by atoms with Crippen LogP contribution in [0, 0.1) is 10.1 Å². The van der Waals surface area contributed by atoms with Crippen molar-refractivity contribution >= 4 is 17.8 Å². The lowest BCUT2D eigenvalue weighted by atomic mass is 10.0. The average molecular weight is 354 g/mol. The molecule has 0 aliphatic heterocycles. The third-order valence-corrected chi connectivity index (χ3v) is 2.86. The minimum absolute atomic E-state index is 0.0984. The number of carbonyl (C=O) groups is 2. The van der Waals surface area contributed by atoms with Crippen molar-refractivity contribution in [3.05, 3.63) is 39.9 Å². The summed E-state index contributed by atoms with van der Waals surface area (Å²) in [6, 6.07) is 4.85. The second-order valence-electron chi connectivity index (χ2n) is 6.08. The summed E-state index contributed by atoms with van der Waals surface area (Å²) in [4.78, 5) is 38.9. The molecule has 1 aromatic rings. The number of ether oxygens (including phenoxy) is 2. The fourth-order valence-electron chi connectivity index (χ4n) is 1.89. The summed E-state index contributed by atoms with van der Waals surface area (Å²) in [7, 11) is 0. The van der Waals surface area contributed by atoms with Gasteiger partial charge in [-0.3, -0.25) is 14.9 Å². The molecule has 0 aliphatic carbocycles. The maximum absolute atomic E-state index is 12.0. The topological polar surface area (TPSA) is 117 Å². The summed E-state index contributed by atoms with van der Waals surface area (Å²) in [6.45, 7) is 6.70. The summed E-state index contributed by atoms with van der Waals surface area (Å²) in [5.74, 6) is -0.704. The Morgan fingerprint density at radius 2 is 1.92 bits per heavy atom. The van der Waals surface area contributed by atoms with E-state index in [1.165, 1.54) is 18.2 Å². The summed E-state index contributed by atoms with van der Waals surface area (Å²) in [6.07, 6.45) is -1.12. The van der Waals surface area contributed by atoms with Crippen LogP contribution in [0.15, 0.2) is 24.3 Å². The molecule has 1 atom stereocenters. The second-order valence-corrected chi connectivity index (χ2v) is 6.08. The van der Waals surface area contributed by atoms with E-state index in [2.05, 4.69) is 5.48 Å². The molecule has 1 unspecified atom stereocenters. The number of esters is 1. The third-order valence-electron chi connectivity index (χ3n) is 2.86. The maximum atomic E-state index is 12.0. The normalized spacial score (nSPS) is 12.2. The number of nitro groups is 1. The van der Waals surface area contributed by atoms with Crippen LogP contribution in [0.4, 0.5) is 10.5 Å². The molecule has 0 spiro atoms. The molecule has 0 aromatic heterocycles. The third kappa shape index (κ3) is 7.17. The molecule has 1 aromatic carbocycles. The first-order chi connectivity index (χ1) is 11.6. The Balaban J connectivity index is 2.86. The Bertz CT molecular complexity index is 625. The van der Waals surface area contributed by atoms with Crippen molar-refractivity contribution in [3.63, 3.8) is 0 Å². The first-order valence-electron chi connectivity index (χ1n) is 7.68. The molecule has 0 saturated heterocycles. The Morgan fingerprint density at radius 3 is 2.48 bits per heavy atom. The highest BCUT2D eigenvalue weighted by molar-refractivity contribution is 5.76. The van der Waals surface area contributed by atoms with Gasteiger partial charge in [-0.1, -0.05) is 18.2 Å². The van der Waals surface area contributed by atoms with Gasteiger partial charge in [-0.25, -0.2) is 4.79 Å². The van der Waals surface area contributed by atoms with Gasteiger partial charge in [0, 0.05) is 18.1 Å². The predicted octanol–water partition coefficient (Wildman–Crippen LogP) is 2.53. The van der Waals surface area contributed by atoms with Crippen LogP contribution in [0.25, 0.3) is 0 Å². The van der Waals surface area contributed by atoms with Crippen LogP contribution in [0.3, 0.4) is 0 Å². The van der Waals surface area contributed by atoms with Crippen LogP contribution in [0.2, 0.25) is 0 Å². The van der Waals surface area contributed by atoms with Gasteiger partial charge in [0.15, 0.2) is 0 Å². The zero-order valence-electron chi connectivity index (χ0n) is 14.6. The number of hydrogen-bond donors (Lipinski definition) is 1. The molecule has 9 heteroatoms. The van der Waals surface area contributed by atoms with Gasteiger partial charge >= 0.3 is 12.1 Å². The van der Waals surface area contributed by atoms with Crippen LogP contribution in [-0.2, 0) is 25.5 Å². The van der Waals surface area contributed by atoms with Crippen LogP contribution in [-0.4, -0.2) is 35.3 Å². The number of para-hydroxylation sites is 1. The van der Waals surface area contributed by atoms with Crippen molar-refractivity contribution in [1.82, 2.24) is 5.48 Å². The number of hydrogen-bond acceptors (Lipinski definition) is 8. The van der Waals surface area contributed by atoms with Gasteiger partial charge in [-0.2, -0.15) is 0 Å². The van der Waals surface area contributed by atoms with E-state index in [0.717, 1.165) is 0 Å². The van der Waals surface area contributed by atoms with E-state index in [1.54, 1.807) is 33.8 Å². The standard InChI is InChI=1S/C16H22N2O7/c1-5-23-14(19)12(17-25-15(20)24-16(2,3)4)10-11-8-6-7-9-13(11)18(21)22/h6-9,12,17H,5,10H2,1-4H3. The molecule has 9 nitrogen and oxygen atoms in total. The van der Waals surface area contributed by atoms with E-state index in [-0.39, 0.29) is 18.7 Å². The van der Waals surface area contributed by atoms with Crippen molar-refractivity contribution in [2.45, 2.75) is 45.8 Å². The van der Waals surface area contributed by atoms with E-state index in [9.17, 15) is 19.7 Å². The minimum Gasteiger partial charge on any atom is -0.465 e. The second kappa shape index (κ2) is 8.97. The number of carbonyl (C=O) groups excluding carboxylic acids is 2. The Kier molecular flexibility index (Phi) is 7.31. The van der Waals surface area contributed by atoms with Gasteiger partial charge in [0.05, 0.1) is 11.5 Å². The highest BCUT2D eigenvalue weighted by Gasteiger charge is 2.27. The summed E-state index contributed by atoms with van der Waals surface area (Å²) >= 11 is 0. The summed E-state index contributed by atoms with van der Waals surface area (Å²) in [5.41, 5.74) is 1.66. The van der Waals surface area contributed by atoms with Gasteiger partial charge in [-0.15, -0.1) is 5.48 Å². The smallest absolute Gasteiger partial charge is 0.465 e. The van der Waals surface area contributed by atoms with Crippen molar-refractivity contribution in [2.75, 3.05) is 6.61 Å². The number of nitrogens with one attached hydrogen (secondary N) is 1. The molecule has 138 valence electrons. The van der Waals surface area contributed by atoms with Crippen LogP contribution < -0.4 is 5.48 Å². The summed E-state index contributed by atoms with van der Waals surface area (Å²) < 4.78 is 9.86. The average Bonchev–Trinajstić information content (AvgIpc) is 2.50. The largest absolute Gasteiger partial charge is 0.528 e. The van der Waals surface area contributed by atoms with Crippen LogP contribution >= 0.6 is 0 Å². The predicted molar refractivity (Wildman–Crippen MR) is 87.7 cm³/mol. The van der Waals surface area contributed by atoms with Gasteiger partial charge in [-0.05, 0) is 27.7 Å². The fourth-order valence-corrected chi connectivity index (χ4v) is 1.89. The molecular weight excluding hydrogens is 332 g/mol. The number of nitro benzene ring substituents is 1. The molecule has 25 heavy (non-hydrogen) atoms.